The molecule has 0 saturated carbocycles. The normalized spacial score (nSPS) is 16.2. The Morgan fingerprint density at radius 2 is 2.00 bits per heavy atom. The van der Waals surface area contributed by atoms with Crippen LogP contribution in [0.3, 0.4) is 0 Å². The molecular formula is C21H20FN5O. The predicted octanol–water partition coefficient (Wildman–Crippen LogP) is 3.76. The number of halogens is 1. The Balaban J connectivity index is 1.70. The molecule has 4 rings (SSSR count). The average molecular weight is 377 g/mol. The SMILES string of the molecule is CC(=O)N1CCC(c2nc(Nc3cccc(F)c3)cc(-c3ccncc3)n2)C1. The number of nitrogens with one attached hydrogen (secondary N) is 1. The number of pyridine rings is 1. The second-order valence-electron chi connectivity index (χ2n) is 6.82. The third kappa shape index (κ3) is 3.98. The number of benzene rings is 1. The number of aromatic nitrogens is 3. The molecule has 0 spiro atoms. The second kappa shape index (κ2) is 7.72. The Bertz CT molecular complexity index is 995. The minimum atomic E-state index is -0.318. The summed E-state index contributed by atoms with van der Waals surface area (Å²) in [5, 5.41) is 3.17. The summed E-state index contributed by atoms with van der Waals surface area (Å²) in [4.78, 5) is 27.0. The largest absolute Gasteiger partial charge is 0.342 e. The molecular weight excluding hydrogens is 357 g/mol. The highest BCUT2D eigenvalue weighted by molar-refractivity contribution is 5.73. The van der Waals surface area contributed by atoms with E-state index in [0.717, 1.165) is 17.7 Å². The molecule has 1 aliphatic heterocycles. The molecule has 0 radical (unpaired) electrons. The fraction of sp³-hybridized carbons (Fsp3) is 0.238. The summed E-state index contributed by atoms with van der Waals surface area (Å²) in [6, 6.07) is 11.8. The highest BCUT2D eigenvalue weighted by atomic mass is 19.1. The quantitative estimate of drug-likeness (QED) is 0.750. The second-order valence-corrected chi connectivity index (χ2v) is 6.82. The maximum absolute atomic E-state index is 13.5. The molecule has 142 valence electrons. The topological polar surface area (TPSA) is 71.0 Å². The van der Waals surface area contributed by atoms with Crippen LogP contribution in [-0.4, -0.2) is 38.8 Å². The summed E-state index contributed by atoms with van der Waals surface area (Å²) in [5.74, 6) is 1.08. The fourth-order valence-electron chi connectivity index (χ4n) is 3.35. The van der Waals surface area contributed by atoms with Crippen LogP contribution >= 0.6 is 0 Å². The highest BCUT2D eigenvalue weighted by Crippen LogP contribution is 2.29. The fourth-order valence-corrected chi connectivity index (χ4v) is 3.35. The maximum Gasteiger partial charge on any atom is 0.219 e. The van der Waals surface area contributed by atoms with Gasteiger partial charge in [0.1, 0.15) is 17.5 Å². The molecule has 7 heteroatoms. The van der Waals surface area contributed by atoms with Crippen LogP contribution in [0.4, 0.5) is 15.9 Å². The number of rotatable bonds is 4. The van der Waals surface area contributed by atoms with Crippen molar-refractivity contribution in [2.24, 2.45) is 0 Å². The molecule has 1 saturated heterocycles. The molecule has 0 aliphatic carbocycles. The summed E-state index contributed by atoms with van der Waals surface area (Å²) in [5.41, 5.74) is 2.29. The van der Waals surface area contributed by atoms with E-state index in [1.54, 1.807) is 31.5 Å². The van der Waals surface area contributed by atoms with E-state index in [-0.39, 0.29) is 17.6 Å². The number of amides is 1. The van der Waals surface area contributed by atoms with Crippen LogP contribution in [0, 0.1) is 5.82 Å². The first kappa shape index (κ1) is 18.0. The molecule has 0 bridgehead atoms. The zero-order valence-corrected chi connectivity index (χ0v) is 15.5. The molecule has 1 aromatic carbocycles. The van der Waals surface area contributed by atoms with Gasteiger partial charge in [0, 0.05) is 55.6 Å². The van der Waals surface area contributed by atoms with Gasteiger partial charge in [-0.05, 0) is 36.8 Å². The van der Waals surface area contributed by atoms with Gasteiger partial charge in [-0.3, -0.25) is 9.78 Å². The Hall–Kier alpha value is -3.35. The number of hydrogen-bond acceptors (Lipinski definition) is 5. The van der Waals surface area contributed by atoms with Crippen LogP contribution in [0.5, 0.6) is 0 Å². The molecule has 1 N–H and O–H groups in total. The van der Waals surface area contributed by atoms with Crippen molar-refractivity contribution in [2.45, 2.75) is 19.3 Å². The van der Waals surface area contributed by atoms with Crippen LogP contribution in [0.25, 0.3) is 11.3 Å². The van der Waals surface area contributed by atoms with Gasteiger partial charge >= 0.3 is 0 Å². The molecule has 3 aromatic rings. The Morgan fingerprint density at radius 1 is 1.18 bits per heavy atom. The van der Waals surface area contributed by atoms with Crippen molar-refractivity contribution >= 4 is 17.4 Å². The zero-order chi connectivity index (χ0) is 19.5. The van der Waals surface area contributed by atoms with Crippen LogP contribution < -0.4 is 5.32 Å². The van der Waals surface area contributed by atoms with Crippen molar-refractivity contribution < 1.29 is 9.18 Å². The first-order chi connectivity index (χ1) is 13.6. The summed E-state index contributed by atoms with van der Waals surface area (Å²) >= 11 is 0. The minimum Gasteiger partial charge on any atom is -0.342 e. The number of nitrogens with zero attached hydrogens (tertiary/aromatic N) is 4. The van der Waals surface area contributed by atoms with Crippen molar-refractivity contribution in [1.29, 1.82) is 0 Å². The van der Waals surface area contributed by atoms with Crippen molar-refractivity contribution in [3.63, 3.8) is 0 Å². The van der Waals surface area contributed by atoms with Gasteiger partial charge in [-0.1, -0.05) is 6.07 Å². The van der Waals surface area contributed by atoms with E-state index in [2.05, 4.69) is 15.3 Å². The third-order valence-electron chi connectivity index (χ3n) is 4.82. The van der Waals surface area contributed by atoms with E-state index in [1.807, 2.05) is 23.1 Å². The Kier molecular flexibility index (Phi) is 4.97. The third-order valence-corrected chi connectivity index (χ3v) is 4.82. The van der Waals surface area contributed by atoms with Gasteiger partial charge in [-0.25, -0.2) is 14.4 Å². The summed E-state index contributed by atoms with van der Waals surface area (Å²) < 4.78 is 13.5. The van der Waals surface area contributed by atoms with Crippen LogP contribution in [0.2, 0.25) is 0 Å². The van der Waals surface area contributed by atoms with Crippen molar-refractivity contribution in [1.82, 2.24) is 19.9 Å². The Labute approximate surface area is 162 Å². The maximum atomic E-state index is 13.5. The van der Waals surface area contributed by atoms with Gasteiger partial charge in [-0.2, -0.15) is 0 Å². The molecule has 1 atom stereocenters. The van der Waals surface area contributed by atoms with Gasteiger partial charge in [0.2, 0.25) is 5.91 Å². The number of carbonyl (C=O) groups excluding carboxylic acids is 1. The van der Waals surface area contributed by atoms with Gasteiger partial charge in [0.15, 0.2) is 0 Å². The van der Waals surface area contributed by atoms with E-state index in [4.69, 9.17) is 4.98 Å². The number of likely N-dealkylation sites (tertiary alicyclic amines) is 1. The summed E-state index contributed by atoms with van der Waals surface area (Å²) in [7, 11) is 0. The van der Waals surface area contributed by atoms with Crippen LogP contribution in [0.15, 0.2) is 54.9 Å². The van der Waals surface area contributed by atoms with E-state index < -0.39 is 0 Å². The molecule has 1 fully saturated rings. The average Bonchev–Trinajstić information content (AvgIpc) is 3.19. The summed E-state index contributed by atoms with van der Waals surface area (Å²) in [6.45, 7) is 2.89. The molecule has 1 amide bonds. The van der Waals surface area contributed by atoms with Crippen LogP contribution in [-0.2, 0) is 4.79 Å². The van der Waals surface area contributed by atoms with Crippen molar-refractivity contribution in [3.05, 3.63) is 66.5 Å². The Morgan fingerprint density at radius 3 is 2.71 bits per heavy atom. The van der Waals surface area contributed by atoms with Crippen molar-refractivity contribution in [2.75, 3.05) is 18.4 Å². The van der Waals surface area contributed by atoms with E-state index in [0.29, 0.717) is 30.4 Å². The summed E-state index contributed by atoms with van der Waals surface area (Å²) in [6.07, 6.45) is 4.24. The standard InChI is InChI=1S/C21H20FN5O/c1-14(28)27-10-7-16(13-27)21-25-19(15-5-8-23-9-6-15)12-20(26-21)24-18-4-2-3-17(22)11-18/h2-6,8-9,11-12,16H,7,10,13H2,1H3,(H,24,25,26). The lowest BCUT2D eigenvalue weighted by Gasteiger charge is -2.15. The minimum absolute atomic E-state index is 0.0610. The lowest BCUT2D eigenvalue weighted by Crippen LogP contribution is -2.25. The van der Waals surface area contributed by atoms with Crippen molar-refractivity contribution in [3.8, 4) is 11.3 Å². The lowest BCUT2D eigenvalue weighted by molar-refractivity contribution is -0.127. The first-order valence-corrected chi connectivity index (χ1v) is 9.16. The monoisotopic (exact) mass is 377 g/mol. The molecule has 6 nitrogen and oxygen atoms in total. The molecule has 28 heavy (non-hydrogen) atoms. The molecule has 1 unspecified atom stereocenters. The highest BCUT2D eigenvalue weighted by Gasteiger charge is 2.28. The zero-order valence-electron chi connectivity index (χ0n) is 15.5. The number of carbonyl (C=O) groups is 1. The predicted molar refractivity (Wildman–Crippen MR) is 105 cm³/mol. The lowest BCUT2D eigenvalue weighted by atomic mass is 10.1. The number of anilines is 2. The van der Waals surface area contributed by atoms with Gasteiger partial charge in [-0.15, -0.1) is 0 Å². The molecule has 1 aliphatic rings. The smallest absolute Gasteiger partial charge is 0.219 e. The number of hydrogen-bond donors (Lipinski definition) is 1. The molecule has 2 aromatic heterocycles. The molecule has 3 heterocycles. The van der Waals surface area contributed by atoms with Gasteiger partial charge < -0.3 is 10.2 Å². The van der Waals surface area contributed by atoms with E-state index in [9.17, 15) is 9.18 Å². The van der Waals surface area contributed by atoms with E-state index in [1.165, 1.54) is 12.1 Å². The van der Waals surface area contributed by atoms with Gasteiger partial charge in [0.25, 0.3) is 0 Å². The van der Waals surface area contributed by atoms with Crippen LogP contribution in [0.1, 0.15) is 25.1 Å². The van der Waals surface area contributed by atoms with Gasteiger partial charge in [0.05, 0.1) is 5.69 Å². The first-order valence-electron chi connectivity index (χ1n) is 9.16. The van der Waals surface area contributed by atoms with E-state index >= 15 is 0 Å².